The van der Waals surface area contributed by atoms with Gasteiger partial charge in [-0.3, -0.25) is 0 Å². The summed E-state index contributed by atoms with van der Waals surface area (Å²) in [5.41, 5.74) is 1.49. The molecule has 3 rings (SSSR count). The van der Waals surface area contributed by atoms with Gasteiger partial charge in [-0.15, -0.1) is 0 Å². The first-order chi connectivity index (χ1) is 9.66. The molecule has 0 heterocycles. The molecule has 1 atom stereocenters. The Morgan fingerprint density at radius 3 is 2.20 bits per heavy atom. The van der Waals surface area contributed by atoms with E-state index in [9.17, 15) is 9.50 Å². The summed E-state index contributed by atoms with van der Waals surface area (Å²) < 4.78 is 14.0. The Labute approximate surface area is 124 Å². The summed E-state index contributed by atoms with van der Waals surface area (Å²) in [6.45, 7) is 0. The second kappa shape index (κ2) is 5.35. The Kier molecular flexibility index (Phi) is 3.55. The smallest absolute Gasteiger partial charge is 0.123 e. The average Bonchev–Trinajstić information content (AvgIpc) is 2.48. The molecule has 0 aromatic heterocycles. The van der Waals surface area contributed by atoms with Crippen molar-refractivity contribution in [3.8, 4) is 0 Å². The third kappa shape index (κ3) is 2.35. The van der Waals surface area contributed by atoms with E-state index in [1.54, 1.807) is 12.1 Å². The predicted octanol–water partition coefficient (Wildman–Crippen LogP) is 4.82. The molecule has 100 valence electrons. The van der Waals surface area contributed by atoms with Gasteiger partial charge in [0.2, 0.25) is 0 Å². The van der Waals surface area contributed by atoms with Crippen molar-refractivity contribution in [2.24, 2.45) is 0 Å². The van der Waals surface area contributed by atoms with Crippen molar-refractivity contribution < 1.29 is 9.50 Å². The van der Waals surface area contributed by atoms with Gasteiger partial charge in [-0.1, -0.05) is 58.4 Å². The molecule has 3 aromatic carbocycles. The van der Waals surface area contributed by atoms with Crippen LogP contribution >= 0.6 is 15.9 Å². The molecule has 0 saturated carbocycles. The van der Waals surface area contributed by atoms with E-state index in [1.165, 1.54) is 12.1 Å². The Morgan fingerprint density at radius 2 is 1.50 bits per heavy atom. The van der Waals surface area contributed by atoms with Crippen molar-refractivity contribution in [2.75, 3.05) is 0 Å². The highest BCUT2D eigenvalue weighted by atomic mass is 79.9. The molecule has 1 nitrogen and oxygen atoms in total. The number of fused-ring (bicyclic) bond motifs is 1. The number of hydrogen-bond acceptors (Lipinski definition) is 1. The van der Waals surface area contributed by atoms with Crippen LogP contribution in [0.3, 0.4) is 0 Å². The molecule has 1 unspecified atom stereocenters. The normalized spacial score (nSPS) is 12.6. The lowest BCUT2D eigenvalue weighted by Crippen LogP contribution is -2.00. The van der Waals surface area contributed by atoms with E-state index in [2.05, 4.69) is 15.9 Å². The first-order valence-corrected chi connectivity index (χ1v) is 7.07. The average molecular weight is 331 g/mol. The standard InChI is InChI=1S/C17H12BrFO/c18-16-10-9-15(13-3-1-2-4-14(13)16)17(20)11-5-7-12(19)8-6-11/h1-10,17,20H. The van der Waals surface area contributed by atoms with Crippen LogP contribution in [0.25, 0.3) is 10.8 Å². The summed E-state index contributed by atoms with van der Waals surface area (Å²) in [4.78, 5) is 0. The van der Waals surface area contributed by atoms with Gasteiger partial charge in [0.25, 0.3) is 0 Å². The number of aliphatic hydroxyl groups is 1. The summed E-state index contributed by atoms with van der Waals surface area (Å²) in [6, 6.07) is 17.6. The van der Waals surface area contributed by atoms with E-state index < -0.39 is 6.10 Å². The molecule has 0 bridgehead atoms. The Bertz CT molecular complexity index is 753. The molecule has 0 aliphatic rings. The molecule has 0 saturated heterocycles. The Hall–Kier alpha value is -1.71. The summed E-state index contributed by atoms with van der Waals surface area (Å²) in [5.74, 6) is -0.304. The third-order valence-electron chi connectivity index (χ3n) is 3.38. The maximum Gasteiger partial charge on any atom is 0.123 e. The van der Waals surface area contributed by atoms with Gasteiger partial charge in [-0.05, 0) is 40.1 Å². The van der Waals surface area contributed by atoms with Crippen LogP contribution in [-0.2, 0) is 0 Å². The van der Waals surface area contributed by atoms with Crippen LogP contribution in [0.2, 0.25) is 0 Å². The lowest BCUT2D eigenvalue weighted by Gasteiger charge is -2.15. The van der Waals surface area contributed by atoms with Crippen molar-refractivity contribution >= 4 is 26.7 Å². The van der Waals surface area contributed by atoms with Crippen molar-refractivity contribution in [1.29, 1.82) is 0 Å². The fourth-order valence-corrected chi connectivity index (χ4v) is 2.83. The lowest BCUT2D eigenvalue weighted by molar-refractivity contribution is 0.222. The minimum atomic E-state index is -0.770. The monoisotopic (exact) mass is 330 g/mol. The summed E-state index contributed by atoms with van der Waals surface area (Å²) in [5, 5.41) is 12.6. The number of rotatable bonds is 2. The van der Waals surface area contributed by atoms with Crippen molar-refractivity contribution in [2.45, 2.75) is 6.10 Å². The highest BCUT2D eigenvalue weighted by Crippen LogP contribution is 2.32. The molecule has 0 fully saturated rings. The van der Waals surface area contributed by atoms with E-state index >= 15 is 0 Å². The fourth-order valence-electron chi connectivity index (χ4n) is 2.35. The van der Waals surface area contributed by atoms with Gasteiger partial charge in [0.05, 0.1) is 0 Å². The first kappa shape index (κ1) is 13.3. The SMILES string of the molecule is OC(c1ccc(F)cc1)c1ccc(Br)c2ccccc12. The summed E-state index contributed by atoms with van der Waals surface area (Å²) in [6.07, 6.45) is -0.770. The first-order valence-electron chi connectivity index (χ1n) is 6.27. The zero-order valence-corrected chi connectivity index (χ0v) is 12.1. The summed E-state index contributed by atoms with van der Waals surface area (Å²) in [7, 11) is 0. The molecule has 0 radical (unpaired) electrons. The zero-order chi connectivity index (χ0) is 14.1. The molecule has 20 heavy (non-hydrogen) atoms. The van der Waals surface area contributed by atoms with Gasteiger partial charge in [0.1, 0.15) is 11.9 Å². The maximum atomic E-state index is 13.0. The van der Waals surface area contributed by atoms with E-state index in [0.717, 1.165) is 20.8 Å². The predicted molar refractivity (Wildman–Crippen MR) is 82.1 cm³/mol. The van der Waals surface area contributed by atoms with Gasteiger partial charge in [-0.2, -0.15) is 0 Å². The van der Waals surface area contributed by atoms with Crippen LogP contribution in [0.4, 0.5) is 4.39 Å². The minimum absolute atomic E-state index is 0.304. The molecule has 0 spiro atoms. The largest absolute Gasteiger partial charge is 0.384 e. The minimum Gasteiger partial charge on any atom is -0.384 e. The van der Waals surface area contributed by atoms with E-state index in [4.69, 9.17) is 0 Å². The second-order valence-corrected chi connectivity index (χ2v) is 5.49. The van der Waals surface area contributed by atoms with E-state index in [1.807, 2.05) is 36.4 Å². The fraction of sp³-hybridized carbons (Fsp3) is 0.0588. The number of halogens is 2. The number of hydrogen-bond donors (Lipinski definition) is 1. The zero-order valence-electron chi connectivity index (χ0n) is 10.6. The molecule has 3 aromatic rings. The molecule has 3 heteroatoms. The van der Waals surface area contributed by atoms with Crippen molar-refractivity contribution in [3.05, 3.63) is 82.1 Å². The van der Waals surface area contributed by atoms with Gasteiger partial charge in [-0.25, -0.2) is 4.39 Å². The van der Waals surface area contributed by atoms with Crippen LogP contribution in [0.15, 0.2) is 65.1 Å². The molecule has 0 aliphatic heterocycles. The highest BCUT2D eigenvalue weighted by Gasteiger charge is 2.14. The maximum absolute atomic E-state index is 13.0. The Balaban J connectivity index is 2.14. The van der Waals surface area contributed by atoms with E-state index in [0.29, 0.717) is 5.56 Å². The highest BCUT2D eigenvalue weighted by molar-refractivity contribution is 9.10. The van der Waals surface area contributed by atoms with Crippen LogP contribution in [0.5, 0.6) is 0 Å². The van der Waals surface area contributed by atoms with Crippen molar-refractivity contribution in [3.63, 3.8) is 0 Å². The van der Waals surface area contributed by atoms with Gasteiger partial charge in [0.15, 0.2) is 0 Å². The topological polar surface area (TPSA) is 20.2 Å². The third-order valence-corrected chi connectivity index (χ3v) is 4.08. The lowest BCUT2D eigenvalue weighted by atomic mass is 9.96. The summed E-state index contributed by atoms with van der Waals surface area (Å²) >= 11 is 3.51. The van der Waals surface area contributed by atoms with Crippen LogP contribution in [0.1, 0.15) is 17.2 Å². The van der Waals surface area contributed by atoms with Crippen LogP contribution < -0.4 is 0 Å². The van der Waals surface area contributed by atoms with E-state index in [-0.39, 0.29) is 5.82 Å². The molecule has 0 amide bonds. The quantitative estimate of drug-likeness (QED) is 0.714. The molecular formula is C17H12BrFO. The van der Waals surface area contributed by atoms with Gasteiger partial charge < -0.3 is 5.11 Å². The van der Waals surface area contributed by atoms with Crippen LogP contribution in [-0.4, -0.2) is 5.11 Å². The molecule has 0 aliphatic carbocycles. The molecular weight excluding hydrogens is 319 g/mol. The van der Waals surface area contributed by atoms with Crippen LogP contribution in [0, 0.1) is 5.82 Å². The number of aliphatic hydroxyl groups excluding tert-OH is 1. The number of benzene rings is 3. The van der Waals surface area contributed by atoms with Gasteiger partial charge in [0, 0.05) is 4.47 Å². The van der Waals surface area contributed by atoms with Crippen molar-refractivity contribution in [1.82, 2.24) is 0 Å². The van der Waals surface area contributed by atoms with Gasteiger partial charge >= 0.3 is 0 Å². The second-order valence-electron chi connectivity index (χ2n) is 4.64. The molecule has 1 N–H and O–H groups in total. The Morgan fingerprint density at radius 1 is 0.850 bits per heavy atom.